The second-order valence-corrected chi connectivity index (χ2v) is 3.21. The van der Waals surface area contributed by atoms with Gasteiger partial charge in [-0.15, -0.1) is 0 Å². The fourth-order valence-corrected chi connectivity index (χ4v) is 1.28. The number of carbonyl (C=O) groups excluding carboxylic acids is 1. The molecule has 0 radical (unpaired) electrons. The van der Waals surface area contributed by atoms with Crippen LogP contribution in [-0.2, 0) is 9.53 Å². The molecule has 0 saturated heterocycles. The summed E-state index contributed by atoms with van der Waals surface area (Å²) in [6.07, 6.45) is 4.95. The van der Waals surface area contributed by atoms with Gasteiger partial charge in [0.05, 0.1) is 12.6 Å². The van der Waals surface area contributed by atoms with E-state index in [9.17, 15) is 4.79 Å². The molecule has 0 bridgehead atoms. The molecule has 0 spiro atoms. The van der Waals surface area contributed by atoms with Gasteiger partial charge < -0.3 is 16.2 Å². The van der Waals surface area contributed by atoms with E-state index in [0.717, 1.165) is 25.2 Å². The number of hydrogen-bond donors (Lipinski definition) is 2. The third-order valence-electron chi connectivity index (χ3n) is 2.03. The van der Waals surface area contributed by atoms with Crippen LogP contribution in [0.1, 0.15) is 25.7 Å². The molecule has 0 aliphatic carbocycles. The first-order chi connectivity index (χ1) is 6.20. The molecule has 0 aromatic carbocycles. The maximum Gasteiger partial charge on any atom is 0.217 e. The molecule has 0 saturated carbocycles. The molecule has 0 fully saturated rings. The van der Waals surface area contributed by atoms with Crippen LogP contribution in [0.4, 0.5) is 0 Å². The molecule has 1 unspecified atom stereocenters. The van der Waals surface area contributed by atoms with E-state index < -0.39 is 0 Å². The monoisotopic (exact) mass is 184 g/mol. The molecule has 1 rings (SSSR count). The van der Waals surface area contributed by atoms with Crippen LogP contribution in [0.15, 0.2) is 11.8 Å². The van der Waals surface area contributed by atoms with E-state index in [2.05, 4.69) is 0 Å². The molecule has 1 heterocycles. The Morgan fingerprint density at radius 3 is 3.00 bits per heavy atom. The summed E-state index contributed by atoms with van der Waals surface area (Å²) in [6, 6.07) is -0.173. The predicted octanol–water partition coefficient (Wildman–Crippen LogP) is 0.273. The highest BCUT2D eigenvalue weighted by Crippen LogP contribution is 2.14. The summed E-state index contributed by atoms with van der Waals surface area (Å²) in [6.45, 7) is 0.732. The highest BCUT2D eigenvalue weighted by molar-refractivity contribution is 5.73. The number of amides is 1. The molecule has 1 aliphatic heterocycles. The minimum atomic E-state index is -0.313. The summed E-state index contributed by atoms with van der Waals surface area (Å²) in [5.74, 6) is 0.499. The Balaban J connectivity index is 2.33. The van der Waals surface area contributed by atoms with E-state index in [0.29, 0.717) is 12.8 Å². The zero-order chi connectivity index (χ0) is 9.68. The third kappa shape index (κ3) is 3.46. The van der Waals surface area contributed by atoms with Crippen molar-refractivity contribution in [1.29, 1.82) is 0 Å². The van der Waals surface area contributed by atoms with Crippen LogP contribution >= 0.6 is 0 Å². The summed E-state index contributed by atoms with van der Waals surface area (Å²) < 4.78 is 5.36. The lowest BCUT2D eigenvalue weighted by atomic mass is 10.1. The molecule has 1 amide bonds. The lowest BCUT2D eigenvalue weighted by Gasteiger charge is -2.19. The molecule has 0 aromatic rings. The van der Waals surface area contributed by atoms with Crippen molar-refractivity contribution in [2.45, 2.75) is 31.7 Å². The smallest absolute Gasteiger partial charge is 0.217 e. The maximum atomic E-state index is 10.5. The Morgan fingerprint density at radius 1 is 1.69 bits per heavy atom. The molecule has 0 aromatic heterocycles. The number of ether oxygens (including phenoxy) is 1. The van der Waals surface area contributed by atoms with E-state index in [4.69, 9.17) is 16.2 Å². The van der Waals surface area contributed by atoms with E-state index in [1.165, 1.54) is 0 Å². The second kappa shape index (κ2) is 4.87. The third-order valence-corrected chi connectivity index (χ3v) is 2.03. The first kappa shape index (κ1) is 10.1. The van der Waals surface area contributed by atoms with Crippen LogP contribution in [0, 0.1) is 0 Å². The lowest BCUT2D eigenvalue weighted by molar-refractivity contribution is -0.118. The van der Waals surface area contributed by atoms with Crippen molar-refractivity contribution in [1.82, 2.24) is 0 Å². The van der Waals surface area contributed by atoms with Crippen LogP contribution in [-0.4, -0.2) is 18.6 Å². The van der Waals surface area contributed by atoms with Crippen LogP contribution < -0.4 is 11.5 Å². The van der Waals surface area contributed by atoms with Gasteiger partial charge in [0, 0.05) is 6.42 Å². The Kier molecular flexibility index (Phi) is 3.76. The number of rotatable bonds is 4. The largest absolute Gasteiger partial charge is 0.497 e. The quantitative estimate of drug-likeness (QED) is 0.658. The normalized spacial score (nSPS) is 18.7. The average Bonchev–Trinajstić information content (AvgIpc) is 2.15. The fourth-order valence-electron chi connectivity index (χ4n) is 1.28. The molecule has 4 N–H and O–H groups in total. The van der Waals surface area contributed by atoms with E-state index in [-0.39, 0.29) is 11.9 Å². The minimum Gasteiger partial charge on any atom is -0.497 e. The molecular formula is C9H16N2O2. The van der Waals surface area contributed by atoms with Crippen molar-refractivity contribution >= 4 is 5.91 Å². The molecule has 4 nitrogen and oxygen atoms in total. The Bertz CT molecular complexity index is 214. The van der Waals surface area contributed by atoms with Crippen molar-refractivity contribution in [3.05, 3.63) is 11.8 Å². The van der Waals surface area contributed by atoms with Gasteiger partial charge in [-0.2, -0.15) is 0 Å². The standard InChI is InChI=1S/C9H16N2O2/c10-7(4-5-9(11)12)8-3-1-2-6-13-8/h3,7H,1-2,4-6,10H2,(H2,11,12). The number of carbonyl (C=O) groups is 1. The summed E-state index contributed by atoms with van der Waals surface area (Å²) >= 11 is 0. The summed E-state index contributed by atoms with van der Waals surface area (Å²) in [5, 5.41) is 0. The Hall–Kier alpha value is -1.03. The zero-order valence-corrected chi connectivity index (χ0v) is 7.66. The van der Waals surface area contributed by atoms with Gasteiger partial charge in [-0.3, -0.25) is 4.79 Å². The van der Waals surface area contributed by atoms with Gasteiger partial charge in [-0.1, -0.05) is 0 Å². The highest BCUT2D eigenvalue weighted by Gasteiger charge is 2.13. The van der Waals surface area contributed by atoms with Crippen LogP contribution in [0.2, 0.25) is 0 Å². The topological polar surface area (TPSA) is 78.3 Å². The molecule has 1 atom stereocenters. The zero-order valence-electron chi connectivity index (χ0n) is 7.66. The number of primary amides is 1. The molecular weight excluding hydrogens is 168 g/mol. The number of allylic oxidation sites excluding steroid dienone is 1. The first-order valence-electron chi connectivity index (χ1n) is 4.57. The van der Waals surface area contributed by atoms with Crippen molar-refractivity contribution in [2.24, 2.45) is 11.5 Å². The number of hydrogen-bond acceptors (Lipinski definition) is 3. The summed E-state index contributed by atoms with van der Waals surface area (Å²) in [5.41, 5.74) is 10.8. The molecule has 74 valence electrons. The average molecular weight is 184 g/mol. The SMILES string of the molecule is NC(=O)CCC(N)C1=CCCCO1. The highest BCUT2D eigenvalue weighted by atomic mass is 16.5. The van der Waals surface area contributed by atoms with Crippen molar-refractivity contribution in [3.63, 3.8) is 0 Å². The molecule has 1 aliphatic rings. The van der Waals surface area contributed by atoms with Crippen molar-refractivity contribution in [2.75, 3.05) is 6.61 Å². The maximum absolute atomic E-state index is 10.5. The number of nitrogens with two attached hydrogens (primary N) is 2. The predicted molar refractivity (Wildman–Crippen MR) is 49.7 cm³/mol. The minimum absolute atomic E-state index is 0.173. The van der Waals surface area contributed by atoms with Crippen molar-refractivity contribution < 1.29 is 9.53 Å². The van der Waals surface area contributed by atoms with E-state index >= 15 is 0 Å². The molecule has 13 heavy (non-hydrogen) atoms. The second-order valence-electron chi connectivity index (χ2n) is 3.21. The molecule has 4 heteroatoms. The van der Waals surface area contributed by atoms with E-state index in [1.54, 1.807) is 0 Å². The van der Waals surface area contributed by atoms with Crippen LogP contribution in [0.25, 0.3) is 0 Å². The Morgan fingerprint density at radius 2 is 2.46 bits per heavy atom. The summed E-state index contributed by atoms with van der Waals surface area (Å²) in [4.78, 5) is 10.5. The van der Waals surface area contributed by atoms with E-state index in [1.807, 2.05) is 6.08 Å². The van der Waals surface area contributed by atoms with Gasteiger partial charge in [0.2, 0.25) is 5.91 Å². The summed E-state index contributed by atoms with van der Waals surface area (Å²) in [7, 11) is 0. The first-order valence-corrected chi connectivity index (χ1v) is 4.57. The van der Waals surface area contributed by atoms with Gasteiger partial charge >= 0.3 is 0 Å². The van der Waals surface area contributed by atoms with Gasteiger partial charge in [-0.25, -0.2) is 0 Å². The Labute approximate surface area is 77.9 Å². The van der Waals surface area contributed by atoms with Gasteiger partial charge in [0.1, 0.15) is 5.76 Å². The van der Waals surface area contributed by atoms with Crippen molar-refractivity contribution in [3.8, 4) is 0 Å². The van der Waals surface area contributed by atoms with Crippen LogP contribution in [0.3, 0.4) is 0 Å². The lowest BCUT2D eigenvalue weighted by Crippen LogP contribution is -2.27. The van der Waals surface area contributed by atoms with Gasteiger partial charge in [0.25, 0.3) is 0 Å². The van der Waals surface area contributed by atoms with Gasteiger partial charge in [-0.05, 0) is 25.3 Å². The van der Waals surface area contributed by atoms with Crippen LogP contribution in [0.5, 0.6) is 0 Å². The van der Waals surface area contributed by atoms with Gasteiger partial charge in [0.15, 0.2) is 0 Å². The fraction of sp³-hybridized carbons (Fsp3) is 0.667.